The quantitative estimate of drug-likeness (QED) is 0.421. The van der Waals surface area contributed by atoms with Crippen molar-refractivity contribution in [3.8, 4) is 0 Å². The number of hydrogen-bond donors (Lipinski definition) is 1. The van der Waals surface area contributed by atoms with Crippen molar-refractivity contribution in [2.45, 2.75) is 30.6 Å². The van der Waals surface area contributed by atoms with Crippen molar-refractivity contribution in [1.29, 1.82) is 0 Å². The van der Waals surface area contributed by atoms with E-state index >= 15 is 0 Å². The second kappa shape index (κ2) is 7.69. The van der Waals surface area contributed by atoms with Crippen LogP contribution in [-0.4, -0.2) is 25.1 Å². The van der Waals surface area contributed by atoms with Gasteiger partial charge in [0.15, 0.2) is 15.0 Å². The van der Waals surface area contributed by atoms with Gasteiger partial charge in [0.2, 0.25) is 5.91 Å². The lowest BCUT2D eigenvalue weighted by Gasteiger charge is -2.04. The molecule has 3 aromatic carbocycles. The Bertz CT molecular complexity index is 1430. The third-order valence-corrected chi connectivity index (χ3v) is 8.32. The van der Waals surface area contributed by atoms with Crippen LogP contribution in [0.3, 0.4) is 0 Å². The summed E-state index contributed by atoms with van der Waals surface area (Å²) in [5.41, 5.74) is 3.56. The summed E-state index contributed by atoms with van der Waals surface area (Å²) in [4.78, 5) is 17.1. The summed E-state index contributed by atoms with van der Waals surface area (Å²) in [6.45, 7) is 0. The third kappa shape index (κ3) is 3.81. The van der Waals surface area contributed by atoms with Crippen molar-refractivity contribution in [2.75, 3.05) is 11.1 Å². The summed E-state index contributed by atoms with van der Waals surface area (Å²) >= 11 is 1.43. The lowest BCUT2D eigenvalue weighted by atomic mass is 10.0. The summed E-state index contributed by atoms with van der Waals surface area (Å²) in [5.74, 6) is -0.940. The van der Waals surface area contributed by atoms with Gasteiger partial charge in [0, 0.05) is 11.8 Å². The number of halogens is 1. The number of amides is 1. The third-order valence-electron chi connectivity index (χ3n) is 5.59. The highest BCUT2D eigenvalue weighted by Gasteiger charge is 2.19. The fraction of sp³-hybridized carbons (Fsp3) is 0.217. The lowest BCUT2D eigenvalue weighted by Crippen LogP contribution is -2.14. The van der Waals surface area contributed by atoms with Gasteiger partial charge in [-0.3, -0.25) is 4.79 Å². The minimum Gasteiger partial charge on any atom is -0.302 e. The first-order valence-electron chi connectivity index (χ1n) is 10.0. The second-order valence-corrected chi connectivity index (χ2v) is 10.8. The summed E-state index contributed by atoms with van der Waals surface area (Å²) in [7, 11) is -3.55. The SMILES string of the molecule is O=C(CCCS(=O)(=O)c1ccc(F)cc1)Nc1nc2c(cc3c4c(cccc42)CC3)s1. The summed E-state index contributed by atoms with van der Waals surface area (Å²) < 4.78 is 38.7. The molecule has 0 fully saturated rings. The molecule has 0 spiro atoms. The first-order valence-corrected chi connectivity index (χ1v) is 12.5. The molecule has 1 aromatic heterocycles. The van der Waals surface area contributed by atoms with Gasteiger partial charge in [0.1, 0.15) is 5.82 Å². The van der Waals surface area contributed by atoms with Crippen molar-refractivity contribution in [3.05, 3.63) is 65.5 Å². The van der Waals surface area contributed by atoms with E-state index in [4.69, 9.17) is 0 Å². The molecule has 5 rings (SSSR count). The molecule has 0 aliphatic heterocycles. The molecule has 31 heavy (non-hydrogen) atoms. The molecule has 5 nitrogen and oxygen atoms in total. The molecule has 4 aromatic rings. The summed E-state index contributed by atoms with van der Waals surface area (Å²) in [6.07, 6.45) is 2.31. The van der Waals surface area contributed by atoms with Gasteiger partial charge < -0.3 is 5.32 Å². The van der Waals surface area contributed by atoms with Crippen molar-refractivity contribution in [2.24, 2.45) is 0 Å². The Labute approximate surface area is 182 Å². The van der Waals surface area contributed by atoms with Crippen LogP contribution < -0.4 is 5.32 Å². The highest BCUT2D eigenvalue weighted by Crippen LogP contribution is 2.39. The molecular formula is C23H19FN2O3S2. The fourth-order valence-electron chi connectivity index (χ4n) is 4.12. The maximum absolute atomic E-state index is 13.0. The number of rotatable bonds is 6. The summed E-state index contributed by atoms with van der Waals surface area (Å²) in [6, 6.07) is 13.1. The molecule has 1 amide bonds. The van der Waals surface area contributed by atoms with Crippen LogP contribution in [0, 0.1) is 5.82 Å². The highest BCUT2D eigenvalue weighted by molar-refractivity contribution is 7.91. The number of carbonyl (C=O) groups is 1. The molecule has 0 bridgehead atoms. The van der Waals surface area contributed by atoms with Crippen LogP contribution in [0.25, 0.3) is 21.0 Å². The number of nitrogens with zero attached hydrogens (tertiary/aromatic N) is 1. The molecule has 0 atom stereocenters. The zero-order valence-corrected chi connectivity index (χ0v) is 18.2. The number of aromatic nitrogens is 1. The number of anilines is 1. The normalized spacial score (nSPS) is 13.2. The molecule has 0 saturated heterocycles. The van der Waals surface area contributed by atoms with E-state index in [1.807, 2.05) is 6.07 Å². The van der Waals surface area contributed by atoms with E-state index < -0.39 is 15.7 Å². The largest absolute Gasteiger partial charge is 0.302 e. The Balaban J connectivity index is 1.27. The Morgan fingerprint density at radius 3 is 2.68 bits per heavy atom. The molecular weight excluding hydrogens is 435 g/mol. The average Bonchev–Trinajstić information content (AvgIpc) is 3.33. The van der Waals surface area contributed by atoms with Gasteiger partial charge in [-0.2, -0.15) is 0 Å². The van der Waals surface area contributed by atoms with Crippen LogP contribution in [0.2, 0.25) is 0 Å². The smallest absolute Gasteiger partial charge is 0.226 e. The number of thiazole rings is 1. The van der Waals surface area contributed by atoms with E-state index in [0.717, 1.165) is 40.6 Å². The molecule has 0 unspecified atom stereocenters. The Morgan fingerprint density at radius 2 is 1.87 bits per heavy atom. The van der Waals surface area contributed by atoms with E-state index in [2.05, 4.69) is 28.5 Å². The van der Waals surface area contributed by atoms with Crippen molar-refractivity contribution in [1.82, 2.24) is 4.98 Å². The minimum absolute atomic E-state index is 0.0592. The van der Waals surface area contributed by atoms with E-state index in [1.54, 1.807) is 0 Å². The number of aryl methyl sites for hydroxylation is 2. The first-order chi connectivity index (χ1) is 14.9. The fourth-order valence-corrected chi connectivity index (χ4v) is 6.40. The zero-order valence-electron chi connectivity index (χ0n) is 16.5. The molecule has 1 aliphatic carbocycles. The van der Waals surface area contributed by atoms with E-state index in [0.29, 0.717) is 5.13 Å². The van der Waals surface area contributed by atoms with E-state index in [1.165, 1.54) is 40.0 Å². The van der Waals surface area contributed by atoms with E-state index in [9.17, 15) is 17.6 Å². The number of sulfone groups is 1. The minimum atomic E-state index is -3.55. The molecule has 158 valence electrons. The molecule has 1 N–H and O–H groups in total. The van der Waals surface area contributed by atoms with Crippen LogP contribution in [0.5, 0.6) is 0 Å². The number of hydrogen-bond acceptors (Lipinski definition) is 5. The Morgan fingerprint density at radius 1 is 1.10 bits per heavy atom. The van der Waals surface area contributed by atoms with Crippen LogP contribution in [-0.2, 0) is 27.5 Å². The molecule has 1 aliphatic rings. The van der Waals surface area contributed by atoms with Gasteiger partial charge >= 0.3 is 0 Å². The van der Waals surface area contributed by atoms with Gasteiger partial charge in [0.05, 0.1) is 20.9 Å². The van der Waals surface area contributed by atoms with Gasteiger partial charge in [-0.15, -0.1) is 0 Å². The van der Waals surface area contributed by atoms with Crippen LogP contribution in [0.15, 0.2) is 53.4 Å². The molecule has 1 heterocycles. The van der Waals surface area contributed by atoms with Gasteiger partial charge in [-0.25, -0.2) is 17.8 Å². The predicted octanol–water partition coefficient (Wildman–Crippen LogP) is 4.88. The maximum atomic E-state index is 13.0. The molecule has 8 heteroatoms. The number of nitrogens with one attached hydrogen (secondary N) is 1. The lowest BCUT2D eigenvalue weighted by molar-refractivity contribution is -0.116. The standard InChI is InChI=1S/C23H19FN2O3S2/c24-16-8-10-17(11-9-16)31(28,29)12-2-5-20(27)25-23-26-22-18-4-1-3-14-6-7-15(21(14)18)13-19(22)30-23/h1,3-4,8-11,13H,2,5-7,12H2,(H,25,26,27). The highest BCUT2D eigenvalue weighted by atomic mass is 32.2. The van der Waals surface area contributed by atoms with Crippen molar-refractivity contribution >= 4 is 53.2 Å². The summed E-state index contributed by atoms with van der Waals surface area (Å²) in [5, 5.41) is 5.72. The first kappa shape index (κ1) is 20.1. The van der Waals surface area contributed by atoms with Gasteiger partial charge in [0.25, 0.3) is 0 Å². The monoisotopic (exact) mass is 454 g/mol. The maximum Gasteiger partial charge on any atom is 0.226 e. The van der Waals surface area contributed by atoms with Gasteiger partial charge in [-0.05, 0) is 66.1 Å². The van der Waals surface area contributed by atoms with Crippen LogP contribution in [0.4, 0.5) is 9.52 Å². The predicted molar refractivity (Wildman–Crippen MR) is 121 cm³/mol. The Kier molecular flexibility index (Phi) is 4.98. The van der Waals surface area contributed by atoms with E-state index in [-0.39, 0.29) is 29.4 Å². The average molecular weight is 455 g/mol. The second-order valence-electron chi connectivity index (χ2n) is 7.67. The van der Waals surface area contributed by atoms with Crippen molar-refractivity contribution in [3.63, 3.8) is 0 Å². The Hall–Kier alpha value is -2.84. The zero-order chi connectivity index (χ0) is 21.6. The molecule has 0 radical (unpaired) electrons. The molecule has 0 saturated carbocycles. The van der Waals surface area contributed by atoms with Crippen molar-refractivity contribution < 1.29 is 17.6 Å². The van der Waals surface area contributed by atoms with Crippen LogP contribution in [0.1, 0.15) is 24.0 Å². The number of fused-ring (bicyclic) bond motifs is 2. The van der Waals surface area contributed by atoms with Crippen LogP contribution >= 0.6 is 11.3 Å². The topological polar surface area (TPSA) is 76.1 Å². The number of benzene rings is 3. The number of carbonyl (C=O) groups excluding carboxylic acids is 1. The van der Waals surface area contributed by atoms with Gasteiger partial charge in [-0.1, -0.05) is 29.5 Å².